The van der Waals surface area contributed by atoms with Gasteiger partial charge in [0.2, 0.25) is 0 Å². The lowest BCUT2D eigenvalue weighted by Crippen LogP contribution is -2.79. The molecule has 2 unspecified atom stereocenters. The van der Waals surface area contributed by atoms with Crippen LogP contribution >= 0.6 is 0 Å². The van der Waals surface area contributed by atoms with Crippen LogP contribution in [0.1, 0.15) is 78.1 Å². The molecule has 5 rings (SSSR count). The maximum atomic E-state index is 13.7. The highest BCUT2D eigenvalue weighted by atomic mass is 16.6. The Morgan fingerprint density at radius 2 is 1.74 bits per heavy atom. The maximum absolute atomic E-state index is 13.7. The number of esters is 2. The number of ether oxygens (including phenoxy) is 3. The molecule has 0 aromatic heterocycles. The van der Waals surface area contributed by atoms with E-state index in [2.05, 4.69) is 20.8 Å². The van der Waals surface area contributed by atoms with Crippen LogP contribution in [0, 0.1) is 28.6 Å². The molecule has 2 bridgehead atoms. The van der Waals surface area contributed by atoms with Crippen molar-refractivity contribution in [1.82, 2.24) is 0 Å². The van der Waals surface area contributed by atoms with E-state index in [-0.39, 0.29) is 31.0 Å². The van der Waals surface area contributed by atoms with Gasteiger partial charge in [-0.1, -0.05) is 58.4 Å². The lowest BCUT2D eigenvalue weighted by Gasteiger charge is -2.69. The third kappa shape index (κ3) is 3.65. The quantitative estimate of drug-likeness (QED) is 0.443. The Hall–Kier alpha value is -2.22. The molecule has 9 atom stereocenters. The summed E-state index contributed by atoms with van der Waals surface area (Å²) >= 11 is 0. The molecule has 1 aromatic carbocycles. The predicted molar refractivity (Wildman–Crippen MR) is 141 cm³/mol. The van der Waals surface area contributed by atoms with Crippen molar-refractivity contribution in [2.45, 2.75) is 97.2 Å². The van der Waals surface area contributed by atoms with Crippen LogP contribution in [0.25, 0.3) is 0 Å². The Bertz CT molecular complexity index is 1160. The molecule has 2 saturated carbocycles. The van der Waals surface area contributed by atoms with Gasteiger partial charge in [-0.2, -0.15) is 0 Å². The van der Waals surface area contributed by atoms with Gasteiger partial charge in [0.1, 0.15) is 17.8 Å². The number of carbonyl (C=O) groups excluding carboxylic acids is 2. The Balaban J connectivity index is 1.77. The summed E-state index contributed by atoms with van der Waals surface area (Å²) in [6.07, 6.45) is -0.857. The maximum Gasteiger partial charge on any atom is 0.338 e. The van der Waals surface area contributed by atoms with Gasteiger partial charge in [0.05, 0.1) is 18.3 Å². The summed E-state index contributed by atoms with van der Waals surface area (Å²) in [6.45, 7) is 14.0. The van der Waals surface area contributed by atoms with Crippen molar-refractivity contribution in [2.24, 2.45) is 28.6 Å². The molecular weight excluding hydrogens is 484 g/mol. The molecule has 4 aliphatic rings. The van der Waals surface area contributed by atoms with E-state index in [1.165, 1.54) is 6.92 Å². The average molecular weight is 527 g/mol. The minimum Gasteiger partial charge on any atom is -0.455 e. The number of aliphatic hydroxyl groups is 2. The van der Waals surface area contributed by atoms with Gasteiger partial charge in [0, 0.05) is 24.7 Å². The largest absolute Gasteiger partial charge is 0.455 e. The van der Waals surface area contributed by atoms with E-state index in [4.69, 9.17) is 14.2 Å². The first-order valence-electron chi connectivity index (χ1n) is 13.9. The van der Waals surface area contributed by atoms with Crippen molar-refractivity contribution in [3.8, 4) is 0 Å². The fraction of sp³-hybridized carbons (Fsp3) is 0.677. The Morgan fingerprint density at radius 3 is 2.32 bits per heavy atom. The minimum absolute atomic E-state index is 0.0113. The van der Waals surface area contributed by atoms with Crippen molar-refractivity contribution < 1.29 is 34.0 Å². The minimum atomic E-state index is -1.63. The van der Waals surface area contributed by atoms with Gasteiger partial charge in [0.15, 0.2) is 5.60 Å². The van der Waals surface area contributed by atoms with Crippen LogP contribution in [0.2, 0.25) is 0 Å². The van der Waals surface area contributed by atoms with Gasteiger partial charge in [-0.25, -0.2) is 4.79 Å². The molecule has 7 nitrogen and oxygen atoms in total. The summed E-state index contributed by atoms with van der Waals surface area (Å²) in [5, 5.41) is 24.1. The zero-order chi connectivity index (χ0) is 27.8. The number of fused-ring (bicyclic) bond motifs is 5. The molecule has 0 radical (unpaired) electrons. The summed E-state index contributed by atoms with van der Waals surface area (Å²) in [6, 6.07) is 8.74. The van der Waals surface area contributed by atoms with Crippen molar-refractivity contribution >= 4 is 11.9 Å². The van der Waals surface area contributed by atoms with Crippen molar-refractivity contribution in [1.29, 1.82) is 0 Å². The van der Waals surface area contributed by atoms with Crippen molar-refractivity contribution in [3.63, 3.8) is 0 Å². The highest BCUT2D eigenvalue weighted by Gasteiger charge is 2.74. The van der Waals surface area contributed by atoms with Crippen molar-refractivity contribution in [3.05, 3.63) is 47.0 Å². The van der Waals surface area contributed by atoms with E-state index in [0.29, 0.717) is 12.0 Å². The fourth-order valence-corrected chi connectivity index (χ4v) is 8.78. The standard InChI is InChI=1S/C31H42O7/c1-17-14-29(7)18(2)13-23-30(16-36-23,38-20(4)32)25(29)26(37-27(34)21-11-9-8-10-12-21)31(35)15-22(33)19(3)24(17)28(31,5)6/h8-12,17-18,22-23,25-26,33,35H,13-16H2,1-7H3/t17-,18-,22-,23+,25?,26?,29+,30-,31+/m0/s1. The summed E-state index contributed by atoms with van der Waals surface area (Å²) in [5.41, 5.74) is -1.69. The molecule has 0 spiro atoms. The molecule has 1 heterocycles. The molecule has 38 heavy (non-hydrogen) atoms. The molecule has 2 N–H and O–H groups in total. The molecule has 1 saturated heterocycles. The molecule has 0 amide bonds. The Labute approximate surface area is 225 Å². The number of hydrogen-bond donors (Lipinski definition) is 2. The highest BCUT2D eigenvalue weighted by molar-refractivity contribution is 5.89. The zero-order valence-electron chi connectivity index (χ0n) is 23.6. The number of benzene rings is 1. The summed E-state index contributed by atoms with van der Waals surface area (Å²) in [4.78, 5) is 26.2. The second-order valence-corrected chi connectivity index (χ2v) is 13.1. The van der Waals surface area contributed by atoms with Gasteiger partial charge < -0.3 is 24.4 Å². The Morgan fingerprint density at radius 1 is 1.08 bits per heavy atom. The first-order chi connectivity index (χ1) is 17.7. The van der Waals surface area contributed by atoms with Gasteiger partial charge >= 0.3 is 11.9 Å². The normalized spacial score (nSPS) is 43.5. The number of aliphatic hydroxyl groups excluding tert-OH is 1. The predicted octanol–water partition coefficient (Wildman–Crippen LogP) is 4.45. The number of rotatable bonds is 3. The van der Waals surface area contributed by atoms with E-state index in [0.717, 1.165) is 17.6 Å². The van der Waals surface area contributed by atoms with Crippen LogP contribution in [0.4, 0.5) is 0 Å². The number of carbonyl (C=O) groups is 2. The third-order valence-electron chi connectivity index (χ3n) is 10.8. The van der Waals surface area contributed by atoms with Crippen molar-refractivity contribution in [2.75, 3.05) is 6.61 Å². The van der Waals surface area contributed by atoms with Gasteiger partial charge in [-0.15, -0.1) is 0 Å². The van der Waals surface area contributed by atoms with Crippen LogP contribution in [0.3, 0.4) is 0 Å². The first kappa shape index (κ1) is 27.4. The van der Waals surface area contributed by atoms with Gasteiger partial charge in [0.25, 0.3) is 0 Å². The van der Waals surface area contributed by atoms with Gasteiger partial charge in [-0.3, -0.25) is 4.79 Å². The monoisotopic (exact) mass is 526 g/mol. The van der Waals surface area contributed by atoms with Crippen LogP contribution < -0.4 is 0 Å². The van der Waals surface area contributed by atoms with Crippen LogP contribution in [0.5, 0.6) is 0 Å². The average Bonchev–Trinajstić information content (AvgIpc) is 2.83. The molecule has 3 aliphatic carbocycles. The topological polar surface area (TPSA) is 102 Å². The van der Waals surface area contributed by atoms with Crippen LogP contribution in [-0.4, -0.2) is 58.3 Å². The second kappa shape index (κ2) is 8.90. The van der Waals surface area contributed by atoms with Crippen LogP contribution in [-0.2, 0) is 19.0 Å². The Kier molecular flexibility index (Phi) is 6.41. The van der Waals surface area contributed by atoms with E-state index in [1.54, 1.807) is 24.3 Å². The fourth-order valence-electron chi connectivity index (χ4n) is 8.78. The number of hydrogen-bond acceptors (Lipinski definition) is 7. The summed E-state index contributed by atoms with van der Waals surface area (Å²) in [7, 11) is 0. The first-order valence-corrected chi connectivity index (χ1v) is 13.9. The van der Waals surface area contributed by atoms with Gasteiger partial charge in [-0.05, 0) is 54.7 Å². The third-order valence-corrected chi connectivity index (χ3v) is 10.8. The SMILES string of the molecule is CC(=O)O[C@@]12CO[C@@H]1C[C@H](C)[C@@]1(C)C[C@H](C)C3=C(C)[C@@H](O)C[C@@](O)(C(OC(=O)c4ccccc4)C12)C3(C)C. The molecule has 1 aromatic rings. The van der Waals surface area contributed by atoms with E-state index in [1.807, 2.05) is 26.8 Å². The highest BCUT2D eigenvalue weighted by Crippen LogP contribution is 2.67. The lowest BCUT2D eigenvalue weighted by molar-refractivity contribution is -0.346. The summed E-state index contributed by atoms with van der Waals surface area (Å²) < 4.78 is 18.6. The second-order valence-electron chi connectivity index (χ2n) is 13.1. The smallest absolute Gasteiger partial charge is 0.338 e. The van der Waals surface area contributed by atoms with E-state index < -0.39 is 52.1 Å². The zero-order valence-corrected chi connectivity index (χ0v) is 23.6. The molecule has 208 valence electrons. The lowest BCUT2D eigenvalue weighted by atomic mass is 9.43. The van der Waals surface area contributed by atoms with E-state index >= 15 is 0 Å². The molecule has 3 fully saturated rings. The molecule has 7 heteroatoms. The van der Waals surface area contributed by atoms with E-state index in [9.17, 15) is 19.8 Å². The molecular formula is C31H42O7. The molecule has 1 aliphatic heterocycles. The summed E-state index contributed by atoms with van der Waals surface area (Å²) in [5.74, 6) is -1.35. The van der Waals surface area contributed by atoms with Crippen LogP contribution in [0.15, 0.2) is 41.5 Å².